The fraction of sp³-hybridized carbons (Fsp3) is 1.00. The summed E-state index contributed by atoms with van der Waals surface area (Å²) in [5.41, 5.74) is 0. The zero-order valence-corrected chi connectivity index (χ0v) is 9.22. The molecule has 0 bridgehead atoms. The first-order chi connectivity index (χ1) is 2.41. The molecule has 0 spiro atoms. The number of hydrogen-bond acceptors (Lipinski definition) is 0. The van der Waals surface area contributed by atoms with Crippen LogP contribution in [-0.4, -0.2) is 13.1 Å². The first-order valence-corrected chi connectivity index (χ1v) is 2.23. The topological polar surface area (TPSA) is 16.6 Å². The predicted octanol–water partition coefficient (Wildman–Crippen LogP) is -6.40. The van der Waals surface area contributed by atoms with Crippen molar-refractivity contribution in [1.29, 1.82) is 0 Å². The van der Waals surface area contributed by atoms with Crippen molar-refractivity contribution < 1.29 is 56.3 Å². The Bertz CT molecular complexity index is 21.5. The predicted molar refractivity (Wildman–Crippen MR) is 23.0 cm³/mol. The van der Waals surface area contributed by atoms with Gasteiger partial charge in [-0.25, -0.2) is 0 Å². The second-order valence-corrected chi connectivity index (χ2v) is 1.11. The van der Waals surface area contributed by atoms with Crippen molar-refractivity contribution in [3.8, 4) is 0 Å². The van der Waals surface area contributed by atoms with Crippen LogP contribution in [0.3, 0.4) is 0 Å². The molecule has 0 aliphatic heterocycles. The van der Waals surface area contributed by atoms with Gasteiger partial charge in [-0.3, -0.25) is 0 Å². The third kappa shape index (κ3) is 26.1. The zero-order valence-electron chi connectivity index (χ0n) is 5.25. The molecule has 4 heteroatoms. The van der Waals surface area contributed by atoms with Crippen molar-refractivity contribution in [2.45, 2.75) is 13.8 Å². The van der Waals surface area contributed by atoms with E-state index in [0.717, 1.165) is 0 Å². The minimum Gasteiger partial charge on any atom is -1.00 e. The first kappa shape index (κ1) is 22.7. The number of rotatable bonds is 2. The summed E-state index contributed by atoms with van der Waals surface area (Å²) in [5, 5.41) is 2.25. The average molecular weight is 236 g/mol. The fourth-order valence-electron chi connectivity index (χ4n) is 0.289. The maximum atomic E-state index is 2.25. The molecule has 51 valence electrons. The van der Waals surface area contributed by atoms with E-state index in [-0.39, 0.29) is 51.0 Å². The molecule has 0 aromatic rings. The van der Waals surface area contributed by atoms with E-state index in [1.807, 2.05) is 0 Å². The van der Waals surface area contributed by atoms with Crippen LogP contribution in [0, 0.1) is 0 Å². The van der Waals surface area contributed by atoms with Gasteiger partial charge < -0.3 is 30.1 Å². The molecule has 2 N–H and O–H groups in total. The second kappa shape index (κ2) is 23.7. The molecule has 0 unspecified atom stereocenters. The van der Waals surface area contributed by atoms with Gasteiger partial charge in [0.1, 0.15) is 0 Å². The molecule has 0 atom stereocenters. The van der Waals surface area contributed by atoms with E-state index >= 15 is 0 Å². The number of hydrogen-bond donors (Lipinski definition) is 1. The minimum atomic E-state index is 0. The summed E-state index contributed by atoms with van der Waals surface area (Å²) in [7, 11) is 0. The molecular weight excluding hydrogens is 224 g/mol. The Morgan fingerprint density at radius 3 is 1.25 bits per heavy atom. The maximum absolute atomic E-state index is 2.25. The van der Waals surface area contributed by atoms with Crippen LogP contribution < -0.4 is 30.1 Å². The zero-order chi connectivity index (χ0) is 4.12. The van der Waals surface area contributed by atoms with Gasteiger partial charge in [-0.1, -0.05) is 0 Å². The Kier molecular flexibility index (Phi) is 67.4. The number of halogens is 2. The van der Waals surface area contributed by atoms with Gasteiger partial charge in [-0.2, -0.15) is 0 Å². The van der Waals surface area contributed by atoms with Crippen LogP contribution in [0.4, 0.5) is 0 Å². The Morgan fingerprint density at radius 1 is 1.00 bits per heavy atom. The van der Waals surface area contributed by atoms with E-state index in [2.05, 4.69) is 19.2 Å². The third-order valence-corrected chi connectivity index (χ3v) is 0.577. The maximum Gasteiger partial charge on any atom is 1.00 e. The van der Waals surface area contributed by atoms with E-state index in [1.54, 1.807) is 0 Å². The van der Waals surface area contributed by atoms with Crippen LogP contribution in [-0.2, 0) is 26.2 Å². The SMILES string of the molecule is CC[NH2+]CC.[Cl-].[Cl-].[Zr+]. The van der Waals surface area contributed by atoms with Gasteiger partial charge in [0.15, 0.2) is 0 Å². The van der Waals surface area contributed by atoms with Gasteiger partial charge in [0.05, 0.1) is 13.1 Å². The number of nitrogens with two attached hydrogens (primary N) is 1. The van der Waals surface area contributed by atoms with Gasteiger partial charge in [0, 0.05) is 0 Å². The van der Waals surface area contributed by atoms with E-state index < -0.39 is 0 Å². The quantitative estimate of drug-likeness (QED) is 0.491. The normalized spacial score (nSPS) is 5.25. The van der Waals surface area contributed by atoms with Crippen molar-refractivity contribution in [2.75, 3.05) is 13.1 Å². The van der Waals surface area contributed by atoms with Gasteiger partial charge in [-0.05, 0) is 13.8 Å². The van der Waals surface area contributed by atoms with Gasteiger partial charge in [0.25, 0.3) is 0 Å². The van der Waals surface area contributed by atoms with Gasteiger partial charge >= 0.3 is 26.2 Å². The Labute approximate surface area is 82.9 Å². The Hall–Kier alpha value is 1.42. The van der Waals surface area contributed by atoms with Crippen molar-refractivity contribution in [3.63, 3.8) is 0 Å². The third-order valence-electron chi connectivity index (χ3n) is 0.577. The summed E-state index contributed by atoms with van der Waals surface area (Å²) in [6.07, 6.45) is 0. The summed E-state index contributed by atoms with van der Waals surface area (Å²) in [6.45, 7) is 6.75. The molecule has 8 heavy (non-hydrogen) atoms. The van der Waals surface area contributed by atoms with Gasteiger partial charge in [0.2, 0.25) is 0 Å². The van der Waals surface area contributed by atoms with Crippen LogP contribution in [0.25, 0.3) is 0 Å². The van der Waals surface area contributed by atoms with Crippen LogP contribution >= 0.6 is 0 Å². The summed E-state index contributed by atoms with van der Waals surface area (Å²) in [6, 6.07) is 0. The van der Waals surface area contributed by atoms with Crippen molar-refractivity contribution >= 4 is 0 Å². The van der Waals surface area contributed by atoms with E-state index in [0.29, 0.717) is 0 Å². The Balaban J connectivity index is -0.0000000267. The second-order valence-electron chi connectivity index (χ2n) is 1.11. The average Bonchev–Trinajstić information content (AvgIpc) is 1.41. The van der Waals surface area contributed by atoms with E-state index in [1.165, 1.54) is 13.1 Å². The van der Waals surface area contributed by atoms with Crippen LogP contribution in [0.15, 0.2) is 0 Å². The molecule has 0 fully saturated rings. The molecule has 0 heterocycles. The van der Waals surface area contributed by atoms with Crippen LogP contribution in [0.5, 0.6) is 0 Å². The molecule has 0 saturated carbocycles. The molecule has 0 amide bonds. The van der Waals surface area contributed by atoms with E-state index in [9.17, 15) is 0 Å². The minimum absolute atomic E-state index is 0. The summed E-state index contributed by atoms with van der Waals surface area (Å²) < 4.78 is 0. The smallest absolute Gasteiger partial charge is 1.00 e. The van der Waals surface area contributed by atoms with Crippen LogP contribution in [0.1, 0.15) is 13.8 Å². The van der Waals surface area contributed by atoms with Crippen molar-refractivity contribution in [3.05, 3.63) is 0 Å². The fourth-order valence-corrected chi connectivity index (χ4v) is 0.289. The standard InChI is InChI=1S/C4H11N.2ClH.Zr/c1-3-5-4-2;;;/h5H,3-4H2,1-2H3;2*1H;/q;;;+1/p-1. The molecule has 1 nitrogen and oxygen atoms in total. The molecule has 0 aliphatic rings. The molecule has 1 radical (unpaired) electrons. The van der Waals surface area contributed by atoms with Crippen LogP contribution in [0.2, 0.25) is 0 Å². The first-order valence-electron chi connectivity index (χ1n) is 2.23. The monoisotopic (exact) mass is 234 g/mol. The number of quaternary nitrogens is 1. The van der Waals surface area contributed by atoms with Crippen molar-refractivity contribution in [1.82, 2.24) is 0 Å². The molecule has 0 aromatic carbocycles. The molecule has 0 saturated heterocycles. The molecule has 0 rings (SSSR count). The summed E-state index contributed by atoms with van der Waals surface area (Å²) >= 11 is 0. The Morgan fingerprint density at radius 2 is 1.25 bits per heavy atom. The van der Waals surface area contributed by atoms with Gasteiger partial charge in [-0.15, -0.1) is 0 Å². The molecular formula is C4H12Cl2NZr. The molecule has 0 aromatic heterocycles. The summed E-state index contributed by atoms with van der Waals surface area (Å²) in [5.74, 6) is 0. The largest absolute Gasteiger partial charge is 1.00 e. The summed E-state index contributed by atoms with van der Waals surface area (Å²) in [4.78, 5) is 0. The molecule has 0 aliphatic carbocycles. The van der Waals surface area contributed by atoms with E-state index in [4.69, 9.17) is 0 Å². The van der Waals surface area contributed by atoms with Crippen molar-refractivity contribution in [2.24, 2.45) is 0 Å².